The van der Waals surface area contributed by atoms with Gasteiger partial charge in [0.05, 0.1) is 25.9 Å². The van der Waals surface area contributed by atoms with Crippen LogP contribution in [0.5, 0.6) is 0 Å². The SMILES string of the molecule is CCOC(=O)C(C(=O)OCC)c1cccc(C(=O)OC)c1. The van der Waals surface area contributed by atoms with Gasteiger partial charge in [0, 0.05) is 0 Å². The van der Waals surface area contributed by atoms with Gasteiger partial charge in [0.2, 0.25) is 0 Å². The van der Waals surface area contributed by atoms with Crippen molar-refractivity contribution in [3.8, 4) is 0 Å². The molecule has 21 heavy (non-hydrogen) atoms. The zero-order valence-electron chi connectivity index (χ0n) is 12.3. The number of esters is 3. The van der Waals surface area contributed by atoms with Gasteiger partial charge in [-0.2, -0.15) is 0 Å². The molecule has 1 aromatic carbocycles. The lowest BCUT2D eigenvalue weighted by Crippen LogP contribution is -2.26. The number of carbonyl (C=O) groups excluding carboxylic acids is 3. The maximum absolute atomic E-state index is 12.0. The Morgan fingerprint density at radius 3 is 2.10 bits per heavy atom. The topological polar surface area (TPSA) is 78.9 Å². The molecule has 0 bridgehead atoms. The summed E-state index contributed by atoms with van der Waals surface area (Å²) in [5.41, 5.74) is 0.573. The fourth-order valence-corrected chi connectivity index (χ4v) is 1.78. The number of carbonyl (C=O) groups is 3. The normalized spacial score (nSPS) is 10.1. The van der Waals surface area contributed by atoms with E-state index in [4.69, 9.17) is 9.47 Å². The molecule has 0 aliphatic rings. The molecule has 0 N–H and O–H groups in total. The van der Waals surface area contributed by atoms with E-state index in [0.29, 0.717) is 5.56 Å². The van der Waals surface area contributed by atoms with Gasteiger partial charge in [0.25, 0.3) is 0 Å². The number of rotatable bonds is 6. The molecule has 0 heterocycles. The molecule has 0 saturated carbocycles. The van der Waals surface area contributed by atoms with Crippen LogP contribution in [-0.2, 0) is 23.8 Å². The van der Waals surface area contributed by atoms with Crippen molar-refractivity contribution >= 4 is 17.9 Å². The van der Waals surface area contributed by atoms with Crippen LogP contribution in [0.2, 0.25) is 0 Å². The Bertz CT molecular complexity index is 505. The summed E-state index contributed by atoms with van der Waals surface area (Å²) in [6.45, 7) is 3.58. The first-order chi connectivity index (χ1) is 10.0. The molecule has 0 aliphatic heterocycles. The van der Waals surface area contributed by atoms with E-state index in [0.717, 1.165) is 0 Å². The zero-order chi connectivity index (χ0) is 15.8. The van der Waals surface area contributed by atoms with Gasteiger partial charge in [0.1, 0.15) is 0 Å². The van der Waals surface area contributed by atoms with E-state index < -0.39 is 23.8 Å². The molecule has 0 amide bonds. The molecule has 6 heteroatoms. The number of hydrogen-bond donors (Lipinski definition) is 0. The third-order valence-electron chi connectivity index (χ3n) is 2.69. The van der Waals surface area contributed by atoms with Gasteiger partial charge in [-0.15, -0.1) is 0 Å². The summed E-state index contributed by atoms with van der Waals surface area (Å²) in [6.07, 6.45) is 0. The van der Waals surface area contributed by atoms with Crippen LogP contribution in [0.25, 0.3) is 0 Å². The van der Waals surface area contributed by atoms with Gasteiger partial charge in [0.15, 0.2) is 5.92 Å². The summed E-state index contributed by atoms with van der Waals surface area (Å²) >= 11 is 0. The summed E-state index contributed by atoms with van der Waals surface area (Å²) in [7, 11) is 1.25. The van der Waals surface area contributed by atoms with Crippen molar-refractivity contribution in [3.05, 3.63) is 35.4 Å². The molecule has 6 nitrogen and oxygen atoms in total. The standard InChI is InChI=1S/C15H18O6/c1-4-20-14(17)12(15(18)21-5-2)10-7-6-8-11(9-10)13(16)19-3/h6-9,12H,4-5H2,1-3H3. The number of hydrogen-bond acceptors (Lipinski definition) is 6. The van der Waals surface area contributed by atoms with E-state index in [2.05, 4.69) is 4.74 Å². The highest BCUT2D eigenvalue weighted by molar-refractivity contribution is 6.01. The van der Waals surface area contributed by atoms with Gasteiger partial charge >= 0.3 is 17.9 Å². The Hall–Kier alpha value is -2.37. The molecule has 0 atom stereocenters. The van der Waals surface area contributed by atoms with Crippen molar-refractivity contribution in [1.82, 2.24) is 0 Å². The maximum atomic E-state index is 12.0. The van der Waals surface area contributed by atoms with Crippen molar-refractivity contribution in [1.29, 1.82) is 0 Å². The van der Waals surface area contributed by atoms with Crippen molar-refractivity contribution in [2.24, 2.45) is 0 Å². The van der Waals surface area contributed by atoms with Crippen LogP contribution >= 0.6 is 0 Å². The number of benzene rings is 1. The van der Waals surface area contributed by atoms with E-state index in [1.165, 1.54) is 19.2 Å². The van der Waals surface area contributed by atoms with E-state index in [1.54, 1.807) is 26.0 Å². The van der Waals surface area contributed by atoms with Crippen LogP contribution in [0.15, 0.2) is 24.3 Å². The maximum Gasteiger partial charge on any atom is 0.337 e. The van der Waals surface area contributed by atoms with Gasteiger partial charge in [-0.1, -0.05) is 12.1 Å². The molecule has 1 rings (SSSR count). The molecule has 0 fully saturated rings. The zero-order valence-corrected chi connectivity index (χ0v) is 12.3. The first-order valence-corrected chi connectivity index (χ1v) is 6.56. The third kappa shape index (κ3) is 4.30. The average Bonchev–Trinajstić information content (AvgIpc) is 2.47. The molecular formula is C15H18O6. The van der Waals surface area contributed by atoms with Crippen LogP contribution < -0.4 is 0 Å². The van der Waals surface area contributed by atoms with Gasteiger partial charge < -0.3 is 14.2 Å². The molecule has 0 unspecified atom stereocenters. The Kier molecular flexibility index (Phi) is 6.39. The highest BCUT2D eigenvalue weighted by atomic mass is 16.6. The predicted octanol–water partition coefficient (Wildman–Crippen LogP) is 1.68. The number of methoxy groups -OCH3 is 1. The molecule has 0 spiro atoms. The van der Waals surface area contributed by atoms with Crippen LogP contribution in [0.3, 0.4) is 0 Å². The summed E-state index contributed by atoms with van der Waals surface area (Å²) in [6, 6.07) is 6.07. The second-order valence-corrected chi connectivity index (χ2v) is 4.05. The largest absolute Gasteiger partial charge is 0.465 e. The Labute approximate surface area is 123 Å². The van der Waals surface area contributed by atoms with E-state index in [-0.39, 0.29) is 18.8 Å². The van der Waals surface area contributed by atoms with Crippen LogP contribution in [0, 0.1) is 0 Å². The summed E-state index contributed by atoms with van der Waals surface area (Å²) in [5.74, 6) is -3.19. The molecule has 1 aromatic rings. The molecule has 0 saturated heterocycles. The molecule has 0 aliphatic carbocycles. The fraction of sp³-hybridized carbons (Fsp3) is 0.400. The van der Waals surface area contributed by atoms with E-state index in [9.17, 15) is 14.4 Å². The lowest BCUT2D eigenvalue weighted by Gasteiger charge is -2.15. The second-order valence-electron chi connectivity index (χ2n) is 4.05. The Balaban J connectivity index is 3.16. The van der Waals surface area contributed by atoms with Crippen molar-refractivity contribution in [2.45, 2.75) is 19.8 Å². The minimum atomic E-state index is -1.21. The Morgan fingerprint density at radius 2 is 1.62 bits per heavy atom. The second kappa shape index (κ2) is 8.04. The minimum Gasteiger partial charge on any atom is -0.465 e. The van der Waals surface area contributed by atoms with Crippen molar-refractivity contribution in [2.75, 3.05) is 20.3 Å². The van der Waals surface area contributed by atoms with E-state index in [1.807, 2.05) is 0 Å². The fourth-order valence-electron chi connectivity index (χ4n) is 1.78. The van der Waals surface area contributed by atoms with Crippen LogP contribution in [0.1, 0.15) is 35.7 Å². The smallest absolute Gasteiger partial charge is 0.337 e. The molecular weight excluding hydrogens is 276 g/mol. The summed E-state index contributed by atoms with van der Waals surface area (Å²) in [4.78, 5) is 35.5. The van der Waals surface area contributed by atoms with Crippen LogP contribution in [-0.4, -0.2) is 38.2 Å². The molecule has 114 valence electrons. The first kappa shape index (κ1) is 16.7. The van der Waals surface area contributed by atoms with Crippen molar-refractivity contribution < 1.29 is 28.6 Å². The Morgan fingerprint density at radius 1 is 1.05 bits per heavy atom. The summed E-state index contributed by atoms with van der Waals surface area (Å²) < 4.78 is 14.4. The quantitative estimate of drug-likeness (QED) is 0.451. The lowest BCUT2D eigenvalue weighted by molar-refractivity contribution is -0.156. The molecule has 0 radical (unpaired) electrons. The van der Waals surface area contributed by atoms with Gasteiger partial charge in [-0.3, -0.25) is 9.59 Å². The van der Waals surface area contributed by atoms with Gasteiger partial charge in [-0.05, 0) is 31.5 Å². The van der Waals surface area contributed by atoms with Crippen molar-refractivity contribution in [3.63, 3.8) is 0 Å². The van der Waals surface area contributed by atoms with E-state index >= 15 is 0 Å². The predicted molar refractivity (Wildman–Crippen MR) is 73.8 cm³/mol. The summed E-state index contributed by atoms with van der Waals surface area (Å²) in [5, 5.41) is 0. The highest BCUT2D eigenvalue weighted by Crippen LogP contribution is 2.21. The monoisotopic (exact) mass is 294 g/mol. The number of ether oxygens (including phenoxy) is 3. The first-order valence-electron chi connectivity index (χ1n) is 6.56. The lowest BCUT2D eigenvalue weighted by atomic mass is 9.97. The highest BCUT2D eigenvalue weighted by Gasteiger charge is 2.31. The van der Waals surface area contributed by atoms with Gasteiger partial charge in [-0.25, -0.2) is 4.79 Å². The van der Waals surface area contributed by atoms with Crippen LogP contribution in [0.4, 0.5) is 0 Å². The average molecular weight is 294 g/mol. The third-order valence-corrected chi connectivity index (χ3v) is 2.69. The molecule has 0 aromatic heterocycles. The minimum absolute atomic E-state index is 0.144.